The van der Waals surface area contributed by atoms with Gasteiger partial charge in [0.25, 0.3) is 0 Å². The van der Waals surface area contributed by atoms with Crippen LogP contribution in [-0.4, -0.2) is 30.8 Å². The number of H-pyrrole nitrogens is 1. The summed E-state index contributed by atoms with van der Waals surface area (Å²) in [7, 11) is 0. The zero-order valence-corrected chi connectivity index (χ0v) is 8.96. The molecule has 0 amide bonds. The molecule has 1 aromatic rings. The molecule has 0 radical (unpaired) electrons. The van der Waals surface area contributed by atoms with Crippen LogP contribution < -0.4 is 5.32 Å². The van der Waals surface area contributed by atoms with Crippen LogP contribution in [-0.2, 0) is 10.2 Å². The maximum absolute atomic E-state index is 5.43. The molecule has 1 atom stereocenters. The fourth-order valence-corrected chi connectivity index (χ4v) is 2.81. The van der Waals surface area contributed by atoms with Gasteiger partial charge in [-0.1, -0.05) is 0 Å². The molecule has 0 bridgehead atoms. The molecule has 1 aromatic heterocycles. The van der Waals surface area contributed by atoms with Crippen molar-refractivity contribution in [3.05, 3.63) is 24.0 Å². The Morgan fingerprint density at radius 3 is 2.93 bits per heavy atom. The highest BCUT2D eigenvalue weighted by atomic mass is 16.5. The summed E-state index contributed by atoms with van der Waals surface area (Å²) in [5.74, 6) is 0. The van der Waals surface area contributed by atoms with E-state index in [9.17, 15) is 0 Å². The van der Waals surface area contributed by atoms with E-state index in [1.54, 1.807) is 0 Å². The lowest BCUT2D eigenvalue weighted by Crippen LogP contribution is -2.50. The van der Waals surface area contributed by atoms with Crippen LogP contribution >= 0.6 is 0 Å². The van der Waals surface area contributed by atoms with Crippen molar-refractivity contribution < 1.29 is 4.74 Å². The van der Waals surface area contributed by atoms with Crippen LogP contribution in [0.15, 0.2) is 18.5 Å². The summed E-state index contributed by atoms with van der Waals surface area (Å²) in [5, 5.41) is 3.58. The van der Waals surface area contributed by atoms with Gasteiger partial charge in [0.2, 0.25) is 0 Å². The highest BCUT2D eigenvalue weighted by Gasteiger charge is 2.42. The van der Waals surface area contributed by atoms with E-state index in [0.717, 1.165) is 13.2 Å². The fraction of sp³-hybridized carbons (Fsp3) is 0.667. The molecule has 3 nitrogen and oxygen atoms in total. The van der Waals surface area contributed by atoms with E-state index in [0.29, 0.717) is 11.5 Å². The molecule has 2 N–H and O–H groups in total. The average molecular weight is 206 g/mol. The lowest BCUT2D eigenvalue weighted by molar-refractivity contribution is -0.0678. The van der Waals surface area contributed by atoms with Crippen LogP contribution in [0, 0.1) is 0 Å². The van der Waals surface area contributed by atoms with Gasteiger partial charge in [-0.25, -0.2) is 0 Å². The molecule has 0 aliphatic carbocycles. The molecule has 2 fully saturated rings. The van der Waals surface area contributed by atoms with Gasteiger partial charge in [-0.05, 0) is 37.4 Å². The minimum atomic E-state index is 0.294. The second-order valence-electron chi connectivity index (χ2n) is 4.87. The van der Waals surface area contributed by atoms with Gasteiger partial charge in [0.1, 0.15) is 0 Å². The van der Waals surface area contributed by atoms with Gasteiger partial charge in [-0.15, -0.1) is 0 Å². The number of hydrogen-bond donors (Lipinski definition) is 2. The lowest BCUT2D eigenvalue weighted by Gasteiger charge is -2.43. The molecule has 3 heteroatoms. The zero-order valence-electron chi connectivity index (χ0n) is 8.96. The van der Waals surface area contributed by atoms with Crippen LogP contribution in [0.25, 0.3) is 0 Å². The van der Waals surface area contributed by atoms with E-state index in [-0.39, 0.29) is 0 Å². The molecule has 82 valence electrons. The molecule has 15 heavy (non-hydrogen) atoms. The molecule has 2 saturated heterocycles. The van der Waals surface area contributed by atoms with Crippen LogP contribution in [0.2, 0.25) is 0 Å². The topological polar surface area (TPSA) is 37.0 Å². The van der Waals surface area contributed by atoms with Crippen molar-refractivity contribution in [2.75, 3.05) is 19.8 Å². The second-order valence-corrected chi connectivity index (χ2v) is 4.87. The maximum Gasteiger partial charge on any atom is 0.0586 e. The first-order chi connectivity index (χ1) is 7.39. The number of nitrogens with one attached hydrogen (secondary N) is 2. The Balaban J connectivity index is 1.75. The molecule has 0 spiro atoms. The third kappa shape index (κ3) is 1.60. The quantitative estimate of drug-likeness (QED) is 0.785. The molecule has 0 aromatic carbocycles. The van der Waals surface area contributed by atoms with Crippen LogP contribution in [0.1, 0.15) is 24.8 Å². The predicted molar refractivity (Wildman–Crippen MR) is 58.9 cm³/mol. The minimum absolute atomic E-state index is 0.294. The SMILES string of the molecule is c1cc(C2(CC3CCCN3)COC2)c[nH]1. The third-order valence-electron chi connectivity index (χ3n) is 3.77. The van der Waals surface area contributed by atoms with E-state index in [2.05, 4.69) is 22.6 Å². The lowest BCUT2D eigenvalue weighted by atomic mass is 9.74. The van der Waals surface area contributed by atoms with Crippen molar-refractivity contribution in [2.45, 2.75) is 30.7 Å². The average Bonchev–Trinajstić information content (AvgIpc) is 2.84. The molecule has 3 heterocycles. The summed E-state index contributed by atoms with van der Waals surface area (Å²) in [6.45, 7) is 2.97. The Kier molecular flexibility index (Phi) is 2.29. The summed E-state index contributed by atoms with van der Waals surface area (Å²) in [6, 6.07) is 2.89. The minimum Gasteiger partial charge on any atom is -0.379 e. The number of aromatic amines is 1. The molecule has 2 aliphatic heterocycles. The summed E-state index contributed by atoms with van der Waals surface area (Å²) < 4.78 is 5.43. The normalized spacial score (nSPS) is 28.9. The Morgan fingerprint density at radius 2 is 2.40 bits per heavy atom. The van der Waals surface area contributed by atoms with Crippen molar-refractivity contribution in [2.24, 2.45) is 0 Å². The Morgan fingerprint density at radius 1 is 1.47 bits per heavy atom. The Hall–Kier alpha value is -0.800. The van der Waals surface area contributed by atoms with Gasteiger partial charge in [0.05, 0.1) is 13.2 Å². The molecule has 0 saturated carbocycles. The van der Waals surface area contributed by atoms with Crippen molar-refractivity contribution in [1.29, 1.82) is 0 Å². The number of hydrogen-bond acceptors (Lipinski definition) is 2. The monoisotopic (exact) mass is 206 g/mol. The zero-order chi connectivity index (χ0) is 10.1. The van der Waals surface area contributed by atoms with Crippen LogP contribution in [0.3, 0.4) is 0 Å². The number of ether oxygens (including phenoxy) is 1. The molecule has 1 unspecified atom stereocenters. The molecular weight excluding hydrogens is 188 g/mol. The van der Waals surface area contributed by atoms with E-state index >= 15 is 0 Å². The van der Waals surface area contributed by atoms with Crippen molar-refractivity contribution >= 4 is 0 Å². The summed E-state index contributed by atoms with van der Waals surface area (Å²) >= 11 is 0. The van der Waals surface area contributed by atoms with Gasteiger partial charge in [0, 0.05) is 23.9 Å². The maximum atomic E-state index is 5.43. The van der Waals surface area contributed by atoms with E-state index in [1.807, 2.05) is 6.20 Å². The summed E-state index contributed by atoms with van der Waals surface area (Å²) in [6.07, 6.45) is 8.01. The van der Waals surface area contributed by atoms with Gasteiger partial charge in [-0.2, -0.15) is 0 Å². The Bertz CT molecular complexity index is 310. The fourth-order valence-electron chi connectivity index (χ4n) is 2.81. The smallest absolute Gasteiger partial charge is 0.0586 e. The summed E-state index contributed by atoms with van der Waals surface area (Å²) in [5.41, 5.74) is 1.71. The van der Waals surface area contributed by atoms with E-state index < -0.39 is 0 Å². The highest BCUT2D eigenvalue weighted by Crippen LogP contribution is 2.37. The van der Waals surface area contributed by atoms with Gasteiger partial charge in [-0.3, -0.25) is 0 Å². The van der Waals surface area contributed by atoms with Crippen molar-refractivity contribution in [3.63, 3.8) is 0 Å². The highest BCUT2D eigenvalue weighted by molar-refractivity contribution is 5.25. The van der Waals surface area contributed by atoms with Crippen molar-refractivity contribution in [3.8, 4) is 0 Å². The van der Waals surface area contributed by atoms with Gasteiger partial charge < -0.3 is 15.0 Å². The van der Waals surface area contributed by atoms with E-state index in [1.165, 1.54) is 31.4 Å². The number of rotatable bonds is 3. The van der Waals surface area contributed by atoms with Gasteiger partial charge >= 0.3 is 0 Å². The number of aromatic nitrogens is 1. The first kappa shape index (κ1) is 9.43. The van der Waals surface area contributed by atoms with Crippen LogP contribution in [0.4, 0.5) is 0 Å². The van der Waals surface area contributed by atoms with E-state index in [4.69, 9.17) is 4.74 Å². The molecule has 2 aliphatic rings. The molecular formula is C12H18N2O. The van der Waals surface area contributed by atoms with Crippen molar-refractivity contribution in [1.82, 2.24) is 10.3 Å². The standard InChI is InChI=1S/C12H18N2O/c1-2-11(14-4-1)6-12(8-15-9-12)10-3-5-13-7-10/h3,5,7,11,13-14H,1-2,4,6,8-9H2. The first-order valence-electron chi connectivity index (χ1n) is 5.83. The van der Waals surface area contributed by atoms with Crippen LogP contribution in [0.5, 0.6) is 0 Å². The molecule has 3 rings (SSSR count). The second kappa shape index (κ2) is 3.65. The largest absolute Gasteiger partial charge is 0.379 e. The first-order valence-corrected chi connectivity index (χ1v) is 5.83. The summed E-state index contributed by atoms with van der Waals surface area (Å²) in [4.78, 5) is 3.15. The third-order valence-corrected chi connectivity index (χ3v) is 3.77. The van der Waals surface area contributed by atoms with Gasteiger partial charge in [0.15, 0.2) is 0 Å². The Labute approximate surface area is 90.2 Å². The predicted octanol–water partition coefficient (Wildman–Crippen LogP) is 1.42.